The summed E-state index contributed by atoms with van der Waals surface area (Å²) in [7, 11) is -4.07. The second kappa shape index (κ2) is 8.43. The first kappa shape index (κ1) is 22.5. The van der Waals surface area contributed by atoms with Crippen LogP contribution in [0.25, 0.3) is 54.7 Å². The molecule has 7 aromatic rings. The Balaban J connectivity index is 1.51. The van der Waals surface area contributed by atoms with Crippen molar-refractivity contribution in [1.82, 2.24) is 9.97 Å². The number of fused-ring (bicyclic) bond motifs is 7. The van der Waals surface area contributed by atoms with E-state index in [1.165, 1.54) is 0 Å². The Kier molecular flexibility index (Phi) is 5.00. The van der Waals surface area contributed by atoms with Crippen molar-refractivity contribution in [3.63, 3.8) is 0 Å². The normalized spacial score (nSPS) is 12.0. The Labute approximate surface area is 219 Å². The fourth-order valence-electron chi connectivity index (χ4n) is 5.18. The quantitative estimate of drug-likeness (QED) is 0.192. The SMILES string of the molecule is Cc1ccc(S(=O)(=O)Oc2ccc3ccccc3c2-c2nc3c4ccccc4c4ccccc4c3[nH]2)cc1. The molecule has 0 spiro atoms. The highest BCUT2D eigenvalue weighted by Crippen LogP contribution is 2.40. The lowest BCUT2D eigenvalue weighted by Gasteiger charge is -2.13. The predicted octanol–water partition coefficient (Wildman–Crippen LogP) is 7.77. The van der Waals surface area contributed by atoms with Crippen LogP contribution in [-0.4, -0.2) is 18.4 Å². The average Bonchev–Trinajstić information content (AvgIpc) is 3.39. The Morgan fingerprint density at radius 2 is 1.26 bits per heavy atom. The van der Waals surface area contributed by atoms with Gasteiger partial charge in [-0.2, -0.15) is 8.42 Å². The van der Waals surface area contributed by atoms with Gasteiger partial charge in [-0.3, -0.25) is 0 Å². The third kappa shape index (κ3) is 3.53. The molecule has 5 nitrogen and oxygen atoms in total. The summed E-state index contributed by atoms with van der Waals surface area (Å²) in [6.07, 6.45) is 0. The molecule has 0 aliphatic rings. The predicted molar refractivity (Wildman–Crippen MR) is 153 cm³/mol. The minimum absolute atomic E-state index is 0.101. The minimum Gasteiger partial charge on any atom is -0.378 e. The first-order valence-electron chi connectivity index (χ1n) is 12.3. The zero-order chi connectivity index (χ0) is 25.9. The van der Waals surface area contributed by atoms with Gasteiger partial charge in [0.15, 0.2) is 5.75 Å². The van der Waals surface area contributed by atoms with Crippen molar-refractivity contribution < 1.29 is 12.6 Å². The van der Waals surface area contributed by atoms with E-state index in [0.29, 0.717) is 11.4 Å². The van der Waals surface area contributed by atoms with Crippen LogP contribution in [0, 0.1) is 6.92 Å². The molecule has 0 fully saturated rings. The van der Waals surface area contributed by atoms with Crippen LogP contribution in [0.1, 0.15) is 5.56 Å². The lowest BCUT2D eigenvalue weighted by molar-refractivity contribution is 0.487. The summed E-state index contributed by atoms with van der Waals surface area (Å²) in [5.74, 6) is 0.768. The van der Waals surface area contributed by atoms with Gasteiger partial charge in [-0.15, -0.1) is 0 Å². The standard InChI is InChI=1S/C32H22N2O3S/c1-20-14-17-22(18-15-20)38(35,36)37-28-19-16-21-8-2-3-9-23(21)29(28)32-33-30-26-12-6-4-10-24(26)25-11-5-7-13-27(25)31(30)34-32/h2-19H,1H3,(H,33,34). The molecule has 1 N–H and O–H groups in total. The zero-order valence-corrected chi connectivity index (χ0v) is 21.3. The number of aryl methyl sites for hydroxylation is 1. The van der Waals surface area contributed by atoms with Gasteiger partial charge in [-0.25, -0.2) is 4.98 Å². The molecule has 0 unspecified atom stereocenters. The third-order valence-electron chi connectivity index (χ3n) is 7.01. The van der Waals surface area contributed by atoms with Gasteiger partial charge < -0.3 is 9.17 Å². The second-order valence-corrected chi connectivity index (χ2v) is 11.0. The van der Waals surface area contributed by atoms with Crippen molar-refractivity contribution in [3.8, 4) is 17.1 Å². The van der Waals surface area contributed by atoms with Crippen LogP contribution in [0.5, 0.6) is 5.75 Å². The highest BCUT2D eigenvalue weighted by Gasteiger charge is 2.23. The maximum atomic E-state index is 13.3. The Hall–Kier alpha value is -4.68. The van der Waals surface area contributed by atoms with Crippen molar-refractivity contribution in [3.05, 3.63) is 115 Å². The molecule has 0 amide bonds. The Morgan fingerprint density at radius 1 is 0.658 bits per heavy atom. The molecule has 0 saturated heterocycles. The molecule has 6 aromatic carbocycles. The largest absolute Gasteiger partial charge is 0.378 e. The first-order valence-corrected chi connectivity index (χ1v) is 13.7. The van der Waals surface area contributed by atoms with Gasteiger partial charge in [0.1, 0.15) is 10.7 Å². The summed E-state index contributed by atoms with van der Waals surface area (Å²) >= 11 is 0. The highest BCUT2D eigenvalue weighted by atomic mass is 32.2. The van der Waals surface area contributed by atoms with E-state index < -0.39 is 10.1 Å². The zero-order valence-electron chi connectivity index (χ0n) is 20.5. The topological polar surface area (TPSA) is 72.1 Å². The van der Waals surface area contributed by atoms with Crippen LogP contribution in [0.3, 0.4) is 0 Å². The van der Waals surface area contributed by atoms with E-state index in [-0.39, 0.29) is 10.6 Å². The first-order chi connectivity index (χ1) is 18.5. The smallest absolute Gasteiger partial charge is 0.339 e. The van der Waals surface area contributed by atoms with Crippen molar-refractivity contribution in [2.75, 3.05) is 0 Å². The molecule has 6 heteroatoms. The lowest BCUT2D eigenvalue weighted by Crippen LogP contribution is -2.10. The van der Waals surface area contributed by atoms with Crippen LogP contribution in [0.2, 0.25) is 0 Å². The maximum absolute atomic E-state index is 13.3. The summed E-state index contributed by atoms with van der Waals surface area (Å²) in [5, 5.41) is 6.12. The number of hydrogen-bond donors (Lipinski definition) is 1. The van der Waals surface area contributed by atoms with Crippen LogP contribution in [0.15, 0.2) is 114 Å². The van der Waals surface area contributed by atoms with Crippen LogP contribution in [-0.2, 0) is 10.1 Å². The molecule has 184 valence electrons. The van der Waals surface area contributed by atoms with E-state index >= 15 is 0 Å². The second-order valence-electron chi connectivity index (χ2n) is 9.41. The van der Waals surface area contributed by atoms with Gasteiger partial charge in [0.2, 0.25) is 0 Å². The van der Waals surface area contributed by atoms with Crippen molar-refractivity contribution >= 4 is 53.5 Å². The van der Waals surface area contributed by atoms with Gasteiger partial charge >= 0.3 is 10.1 Å². The molecule has 1 heterocycles. The molecule has 0 saturated carbocycles. The number of aromatic nitrogens is 2. The van der Waals surface area contributed by atoms with Crippen LogP contribution >= 0.6 is 0 Å². The number of benzene rings is 6. The summed E-state index contributed by atoms with van der Waals surface area (Å²) < 4.78 is 32.4. The molecule has 1 aromatic heterocycles. The lowest BCUT2D eigenvalue weighted by atomic mass is 10.0. The van der Waals surface area contributed by atoms with Gasteiger partial charge in [0.05, 0.1) is 16.6 Å². The number of rotatable bonds is 4. The van der Waals surface area contributed by atoms with E-state index in [1.54, 1.807) is 30.3 Å². The number of nitrogens with zero attached hydrogens (tertiary/aromatic N) is 1. The van der Waals surface area contributed by atoms with Gasteiger partial charge in [0.25, 0.3) is 0 Å². The summed E-state index contributed by atoms with van der Waals surface area (Å²) in [4.78, 5) is 8.68. The van der Waals surface area contributed by atoms with E-state index in [2.05, 4.69) is 29.2 Å². The van der Waals surface area contributed by atoms with Gasteiger partial charge in [-0.05, 0) is 46.7 Å². The summed E-state index contributed by atoms with van der Waals surface area (Å²) in [6.45, 7) is 1.91. The Bertz CT molecular complexity index is 2060. The monoisotopic (exact) mass is 514 g/mol. The molecular formula is C32H22N2O3S. The highest BCUT2D eigenvalue weighted by molar-refractivity contribution is 7.87. The molecule has 38 heavy (non-hydrogen) atoms. The Morgan fingerprint density at radius 3 is 2.00 bits per heavy atom. The molecule has 0 atom stereocenters. The fraction of sp³-hybridized carbons (Fsp3) is 0.0312. The molecular weight excluding hydrogens is 492 g/mol. The van der Waals surface area contributed by atoms with Crippen molar-refractivity contribution in [2.45, 2.75) is 11.8 Å². The number of aromatic amines is 1. The van der Waals surface area contributed by atoms with Crippen molar-refractivity contribution in [2.24, 2.45) is 0 Å². The fourth-order valence-corrected chi connectivity index (χ4v) is 6.12. The van der Waals surface area contributed by atoms with E-state index in [4.69, 9.17) is 9.17 Å². The summed E-state index contributed by atoms with van der Waals surface area (Å²) in [5.41, 5.74) is 3.30. The van der Waals surface area contributed by atoms with Crippen molar-refractivity contribution in [1.29, 1.82) is 0 Å². The minimum atomic E-state index is -4.07. The molecule has 7 rings (SSSR count). The maximum Gasteiger partial charge on any atom is 0.339 e. The van der Waals surface area contributed by atoms with Gasteiger partial charge in [0, 0.05) is 10.8 Å². The van der Waals surface area contributed by atoms with Crippen LogP contribution in [0.4, 0.5) is 0 Å². The summed E-state index contributed by atoms with van der Waals surface area (Å²) in [6, 6.07) is 34.5. The van der Waals surface area contributed by atoms with E-state index in [1.807, 2.05) is 61.5 Å². The molecule has 0 radical (unpaired) electrons. The average molecular weight is 515 g/mol. The molecule has 0 bridgehead atoms. The van der Waals surface area contributed by atoms with E-state index in [0.717, 1.165) is 48.9 Å². The number of hydrogen-bond acceptors (Lipinski definition) is 4. The third-order valence-corrected chi connectivity index (χ3v) is 8.26. The number of nitrogens with one attached hydrogen (secondary N) is 1. The van der Waals surface area contributed by atoms with Gasteiger partial charge in [-0.1, -0.05) is 96.6 Å². The molecule has 0 aliphatic heterocycles. The number of imidazole rings is 1. The van der Waals surface area contributed by atoms with Crippen LogP contribution < -0.4 is 4.18 Å². The molecule has 0 aliphatic carbocycles. The van der Waals surface area contributed by atoms with E-state index in [9.17, 15) is 8.42 Å². The number of H-pyrrole nitrogens is 1.